The molecule has 0 aromatic heterocycles. The summed E-state index contributed by atoms with van der Waals surface area (Å²) >= 11 is 0. The second kappa shape index (κ2) is 8.96. The minimum Gasteiger partial charge on any atom is -0.480 e. The van der Waals surface area contributed by atoms with Crippen LogP contribution in [0.15, 0.2) is 54.6 Å². The minimum atomic E-state index is -0.796. The van der Waals surface area contributed by atoms with Crippen molar-refractivity contribution in [1.29, 1.82) is 0 Å². The molecule has 0 heterocycles. The Morgan fingerprint density at radius 1 is 1.13 bits per heavy atom. The van der Waals surface area contributed by atoms with Gasteiger partial charge in [-0.15, -0.1) is 0 Å². The van der Waals surface area contributed by atoms with Crippen LogP contribution in [0.4, 0.5) is 0 Å². The number of rotatable bonds is 9. The van der Waals surface area contributed by atoms with Gasteiger partial charge >= 0.3 is 5.97 Å². The van der Waals surface area contributed by atoms with E-state index in [0.29, 0.717) is 13.0 Å². The molecule has 0 aliphatic rings. The summed E-state index contributed by atoms with van der Waals surface area (Å²) in [6.45, 7) is 2.57. The van der Waals surface area contributed by atoms with E-state index in [-0.39, 0.29) is 0 Å². The first kappa shape index (κ1) is 17.0. The van der Waals surface area contributed by atoms with E-state index >= 15 is 0 Å². The van der Waals surface area contributed by atoms with Crippen LogP contribution in [-0.4, -0.2) is 17.1 Å². The third kappa shape index (κ3) is 5.75. The first-order chi connectivity index (χ1) is 11.2. The molecule has 0 fully saturated rings. The molecule has 0 bridgehead atoms. The fraction of sp³-hybridized carbons (Fsp3) is 0.316. The molecule has 4 heteroatoms. The van der Waals surface area contributed by atoms with E-state index in [4.69, 9.17) is 4.74 Å². The fourth-order valence-corrected chi connectivity index (χ4v) is 2.31. The van der Waals surface area contributed by atoms with Gasteiger partial charge in [0.05, 0.1) is 0 Å². The number of ether oxygens (including phenoxy) is 1. The maximum atomic E-state index is 11.2. The molecule has 2 aromatic rings. The van der Waals surface area contributed by atoms with Gasteiger partial charge in [-0.25, -0.2) is 0 Å². The van der Waals surface area contributed by atoms with E-state index in [1.165, 1.54) is 0 Å². The molecular formula is C19H23NO3. The van der Waals surface area contributed by atoms with Gasteiger partial charge in [0.2, 0.25) is 0 Å². The highest BCUT2D eigenvalue weighted by Gasteiger charge is 2.15. The van der Waals surface area contributed by atoms with E-state index < -0.39 is 12.0 Å². The van der Waals surface area contributed by atoms with Gasteiger partial charge in [0.1, 0.15) is 17.5 Å². The van der Waals surface area contributed by atoms with Gasteiger partial charge in [0.25, 0.3) is 0 Å². The minimum absolute atomic E-state index is 0.506. The zero-order valence-corrected chi connectivity index (χ0v) is 13.4. The van der Waals surface area contributed by atoms with Crippen molar-refractivity contribution in [3.8, 4) is 11.5 Å². The predicted octanol–water partition coefficient (Wildman–Crippen LogP) is 4.21. The predicted molar refractivity (Wildman–Crippen MR) is 90.7 cm³/mol. The topological polar surface area (TPSA) is 58.6 Å². The highest BCUT2D eigenvalue weighted by molar-refractivity contribution is 5.73. The number of carboxylic acids is 1. The van der Waals surface area contributed by atoms with E-state index in [2.05, 4.69) is 12.2 Å². The standard InChI is InChI=1S/C19H23NO3/c1-2-3-12-18(19(21)22)20-14-15-8-7-11-17(13-15)23-16-9-5-4-6-10-16/h4-11,13,18,20H,2-3,12,14H2,1H3,(H,21,22). The fourth-order valence-electron chi connectivity index (χ4n) is 2.31. The number of carbonyl (C=O) groups is 1. The maximum absolute atomic E-state index is 11.2. The summed E-state index contributed by atoms with van der Waals surface area (Å²) in [5.74, 6) is 0.732. The molecule has 1 unspecified atom stereocenters. The zero-order chi connectivity index (χ0) is 16.5. The average molecular weight is 313 g/mol. The number of benzene rings is 2. The maximum Gasteiger partial charge on any atom is 0.320 e. The second-order valence-electron chi connectivity index (χ2n) is 5.48. The van der Waals surface area contributed by atoms with Gasteiger partial charge < -0.3 is 15.2 Å². The molecule has 0 saturated carbocycles. The Morgan fingerprint density at radius 2 is 1.87 bits per heavy atom. The average Bonchev–Trinajstić information content (AvgIpc) is 2.56. The number of aliphatic carboxylic acids is 1. The van der Waals surface area contributed by atoms with Gasteiger partial charge in [-0.2, -0.15) is 0 Å². The molecular weight excluding hydrogens is 290 g/mol. The van der Waals surface area contributed by atoms with Crippen LogP contribution in [0.2, 0.25) is 0 Å². The molecule has 0 radical (unpaired) electrons. The van der Waals surface area contributed by atoms with E-state index in [1.54, 1.807) is 0 Å². The van der Waals surface area contributed by atoms with Crippen molar-refractivity contribution >= 4 is 5.97 Å². The van der Waals surface area contributed by atoms with E-state index in [9.17, 15) is 9.90 Å². The van der Waals surface area contributed by atoms with Gasteiger partial charge in [-0.1, -0.05) is 50.1 Å². The SMILES string of the molecule is CCCCC(NCc1cccc(Oc2ccccc2)c1)C(=O)O. The number of hydrogen-bond acceptors (Lipinski definition) is 3. The molecule has 23 heavy (non-hydrogen) atoms. The van der Waals surface area contributed by atoms with Crippen molar-refractivity contribution in [1.82, 2.24) is 5.32 Å². The lowest BCUT2D eigenvalue weighted by Crippen LogP contribution is -2.36. The Bertz CT molecular complexity index is 613. The molecule has 0 spiro atoms. The summed E-state index contributed by atoms with van der Waals surface area (Å²) in [6, 6.07) is 16.8. The van der Waals surface area contributed by atoms with Crippen LogP contribution in [0.3, 0.4) is 0 Å². The zero-order valence-electron chi connectivity index (χ0n) is 13.4. The van der Waals surface area contributed by atoms with Crippen LogP contribution in [0.1, 0.15) is 31.7 Å². The highest BCUT2D eigenvalue weighted by Crippen LogP contribution is 2.21. The van der Waals surface area contributed by atoms with E-state index in [0.717, 1.165) is 29.9 Å². The summed E-state index contributed by atoms with van der Waals surface area (Å²) in [7, 11) is 0. The van der Waals surface area contributed by atoms with Crippen molar-refractivity contribution in [3.05, 3.63) is 60.2 Å². The molecule has 0 aliphatic carbocycles. The molecule has 2 aromatic carbocycles. The van der Waals surface area contributed by atoms with Crippen LogP contribution in [0.25, 0.3) is 0 Å². The van der Waals surface area contributed by atoms with Gasteiger partial charge in [-0.05, 0) is 36.2 Å². The summed E-state index contributed by atoms with van der Waals surface area (Å²) in [4.78, 5) is 11.2. The first-order valence-corrected chi connectivity index (χ1v) is 7.97. The molecule has 2 N–H and O–H groups in total. The third-order valence-corrected chi connectivity index (χ3v) is 3.57. The molecule has 4 nitrogen and oxygen atoms in total. The first-order valence-electron chi connectivity index (χ1n) is 7.97. The molecule has 122 valence electrons. The van der Waals surface area contributed by atoms with Crippen molar-refractivity contribution in [3.63, 3.8) is 0 Å². The number of carboxylic acid groups (broad SMARTS) is 1. The van der Waals surface area contributed by atoms with Crippen LogP contribution >= 0.6 is 0 Å². The summed E-state index contributed by atoms with van der Waals surface area (Å²) < 4.78 is 5.79. The Labute approximate surface area is 137 Å². The van der Waals surface area contributed by atoms with Crippen LogP contribution in [0, 0.1) is 0 Å². The Morgan fingerprint density at radius 3 is 2.57 bits per heavy atom. The van der Waals surface area contributed by atoms with Crippen molar-refractivity contribution in [2.24, 2.45) is 0 Å². The Kier molecular flexibility index (Phi) is 6.63. The lowest BCUT2D eigenvalue weighted by Gasteiger charge is -2.14. The molecule has 0 amide bonds. The summed E-state index contributed by atoms with van der Waals surface area (Å²) in [6.07, 6.45) is 2.54. The van der Waals surface area contributed by atoms with Gasteiger partial charge in [0, 0.05) is 6.54 Å². The molecule has 1 atom stereocenters. The normalized spacial score (nSPS) is 11.9. The van der Waals surface area contributed by atoms with Crippen molar-refractivity contribution < 1.29 is 14.6 Å². The van der Waals surface area contributed by atoms with Crippen LogP contribution in [0.5, 0.6) is 11.5 Å². The monoisotopic (exact) mass is 313 g/mol. The van der Waals surface area contributed by atoms with Crippen molar-refractivity contribution in [2.75, 3.05) is 0 Å². The van der Waals surface area contributed by atoms with Crippen LogP contribution in [-0.2, 0) is 11.3 Å². The smallest absolute Gasteiger partial charge is 0.320 e. The molecule has 0 saturated heterocycles. The quantitative estimate of drug-likeness (QED) is 0.728. The Hall–Kier alpha value is -2.33. The Balaban J connectivity index is 1.95. The lowest BCUT2D eigenvalue weighted by atomic mass is 10.1. The van der Waals surface area contributed by atoms with Crippen LogP contribution < -0.4 is 10.1 Å². The lowest BCUT2D eigenvalue weighted by molar-refractivity contribution is -0.139. The number of hydrogen-bond donors (Lipinski definition) is 2. The van der Waals surface area contributed by atoms with E-state index in [1.807, 2.05) is 54.6 Å². The third-order valence-electron chi connectivity index (χ3n) is 3.57. The number of unbranched alkanes of at least 4 members (excludes halogenated alkanes) is 1. The molecule has 0 aliphatic heterocycles. The number of nitrogens with one attached hydrogen (secondary N) is 1. The highest BCUT2D eigenvalue weighted by atomic mass is 16.5. The summed E-state index contributed by atoms with van der Waals surface area (Å²) in [5.41, 5.74) is 1.00. The second-order valence-corrected chi connectivity index (χ2v) is 5.48. The van der Waals surface area contributed by atoms with Gasteiger partial charge in [0.15, 0.2) is 0 Å². The molecule has 2 rings (SSSR count). The number of para-hydroxylation sites is 1. The van der Waals surface area contributed by atoms with Crippen molar-refractivity contribution in [2.45, 2.75) is 38.8 Å². The summed E-state index contributed by atoms with van der Waals surface area (Å²) in [5, 5.41) is 12.3. The largest absolute Gasteiger partial charge is 0.480 e. The van der Waals surface area contributed by atoms with Gasteiger partial charge in [-0.3, -0.25) is 4.79 Å².